The molecule has 34 heavy (non-hydrogen) atoms. The fourth-order valence-electron chi connectivity index (χ4n) is 5.44. The Morgan fingerprint density at radius 3 is 2.38 bits per heavy atom. The van der Waals surface area contributed by atoms with Crippen molar-refractivity contribution >= 4 is 34.1 Å². The molecule has 3 aliphatic rings. The van der Waals surface area contributed by atoms with Crippen molar-refractivity contribution in [3.8, 4) is 5.00 Å². The summed E-state index contributed by atoms with van der Waals surface area (Å²) in [5.74, 6) is -0.181. The number of thiophene rings is 1. The fraction of sp³-hybridized carbons (Fsp3) is 0.462. The topological polar surface area (TPSA) is 64.0 Å². The van der Waals surface area contributed by atoms with Gasteiger partial charge in [0.1, 0.15) is 5.00 Å². The molecule has 0 aliphatic carbocycles. The first-order valence-electron chi connectivity index (χ1n) is 12.1. The van der Waals surface area contributed by atoms with Crippen LogP contribution >= 0.6 is 11.3 Å². The van der Waals surface area contributed by atoms with Crippen LogP contribution in [0, 0.1) is 5.92 Å². The van der Waals surface area contributed by atoms with Crippen LogP contribution in [0.2, 0.25) is 0 Å². The number of amides is 2. The van der Waals surface area contributed by atoms with Gasteiger partial charge in [0.05, 0.1) is 23.6 Å². The predicted molar refractivity (Wildman–Crippen MR) is 130 cm³/mol. The SMILES string of the molecule is O=C(c1ccc(-n2ccc3ccccc32)s1)N1CCC(C(=O)N2CCC3(CC2)OCCO3)CC1. The van der Waals surface area contributed by atoms with Gasteiger partial charge in [0.15, 0.2) is 5.79 Å². The molecule has 8 heteroatoms. The van der Waals surface area contributed by atoms with E-state index in [1.54, 1.807) is 0 Å². The van der Waals surface area contributed by atoms with Crippen molar-refractivity contribution in [2.45, 2.75) is 31.5 Å². The van der Waals surface area contributed by atoms with Crippen molar-refractivity contribution in [2.75, 3.05) is 39.4 Å². The van der Waals surface area contributed by atoms with Crippen molar-refractivity contribution < 1.29 is 19.1 Å². The summed E-state index contributed by atoms with van der Waals surface area (Å²) in [4.78, 5) is 30.9. The number of benzene rings is 1. The first kappa shape index (κ1) is 21.8. The predicted octanol–water partition coefficient (Wildman–Crippen LogP) is 3.91. The molecule has 7 nitrogen and oxygen atoms in total. The summed E-state index contributed by atoms with van der Waals surface area (Å²) in [6.07, 6.45) is 4.98. The van der Waals surface area contributed by atoms with Gasteiger partial charge in [0, 0.05) is 51.1 Å². The second-order valence-electron chi connectivity index (χ2n) is 9.38. The highest BCUT2D eigenvalue weighted by Crippen LogP contribution is 2.33. The minimum atomic E-state index is -0.459. The summed E-state index contributed by atoms with van der Waals surface area (Å²) in [7, 11) is 0. The molecule has 2 aromatic heterocycles. The molecule has 0 saturated carbocycles. The summed E-state index contributed by atoms with van der Waals surface area (Å²) >= 11 is 1.52. The smallest absolute Gasteiger partial charge is 0.263 e. The lowest BCUT2D eigenvalue weighted by Crippen LogP contribution is -2.50. The number of piperidine rings is 2. The number of likely N-dealkylation sites (tertiary alicyclic amines) is 2. The third-order valence-corrected chi connectivity index (χ3v) is 8.49. The molecule has 3 saturated heterocycles. The van der Waals surface area contributed by atoms with E-state index in [0.29, 0.717) is 39.4 Å². The maximum atomic E-state index is 13.2. The van der Waals surface area contributed by atoms with Gasteiger partial charge in [-0.15, -0.1) is 11.3 Å². The van der Waals surface area contributed by atoms with Crippen LogP contribution in [0.3, 0.4) is 0 Å². The number of aromatic nitrogens is 1. The lowest BCUT2D eigenvalue weighted by atomic mass is 9.93. The summed E-state index contributed by atoms with van der Waals surface area (Å²) < 4.78 is 13.7. The van der Waals surface area contributed by atoms with Crippen molar-refractivity contribution in [1.82, 2.24) is 14.4 Å². The summed E-state index contributed by atoms with van der Waals surface area (Å²) in [5, 5.41) is 2.22. The van der Waals surface area contributed by atoms with Gasteiger partial charge >= 0.3 is 0 Å². The maximum absolute atomic E-state index is 13.2. The number of fused-ring (bicyclic) bond motifs is 1. The number of para-hydroxylation sites is 1. The number of nitrogens with zero attached hydrogens (tertiary/aromatic N) is 3. The van der Waals surface area contributed by atoms with Crippen molar-refractivity contribution in [3.05, 3.63) is 53.5 Å². The molecule has 6 rings (SSSR count). The molecule has 5 heterocycles. The Balaban J connectivity index is 1.06. The Labute approximate surface area is 202 Å². The van der Waals surface area contributed by atoms with E-state index in [0.717, 1.165) is 41.1 Å². The zero-order valence-corrected chi connectivity index (χ0v) is 20.0. The number of hydrogen-bond donors (Lipinski definition) is 0. The van der Waals surface area contributed by atoms with Crippen LogP contribution in [0.4, 0.5) is 0 Å². The minimum Gasteiger partial charge on any atom is -0.347 e. The number of rotatable bonds is 3. The molecule has 0 radical (unpaired) electrons. The van der Waals surface area contributed by atoms with E-state index in [9.17, 15) is 9.59 Å². The Morgan fingerprint density at radius 2 is 1.62 bits per heavy atom. The summed E-state index contributed by atoms with van der Waals surface area (Å²) in [5.41, 5.74) is 1.14. The molecule has 3 aliphatic heterocycles. The van der Waals surface area contributed by atoms with Gasteiger partial charge < -0.3 is 23.8 Å². The Kier molecular flexibility index (Phi) is 5.67. The van der Waals surface area contributed by atoms with Gasteiger partial charge in [0.2, 0.25) is 5.91 Å². The van der Waals surface area contributed by atoms with Gasteiger partial charge in [0.25, 0.3) is 5.91 Å². The first-order valence-corrected chi connectivity index (χ1v) is 13.0. The molecule has 3 fully saturated rings. The molecule has 0 bridgehead atoms. The highest BCUT2D eigenvalue weighted by atomic mass is 32.1. The average Bonchev–Trinajstić information content (AvgIpc) is 3.64. The molecule has 178 valence electrons. The van der Waals surface area contributed by atoms with Gasteiger partial charge in [-0.25, -0.2) is 0 Å². The fourth-order valence-corrected chi connectivity index (χ4v) is 6.42. The van der Waals surface area contributed by atoms with E-state index in [2.05, 4.69) is 29.0 Å². The van der Waals surface area contributed by atoms with Gasteiger partial charge in [-0.3, -0.25) is 9.59 Å². The van der Waals surface area contributed by atoms with Gasteiger partial charge in [-0.2, -0.15) is 0 Å². The van der Waals surface area contributed by atoms with Gasteiger partial charge in [-0.1, -0.05) is 18.2 Å². The average molecular weight is 480 g/mol. The quantitative estimate of drug-likeness (QED) is 0.572. The van der Waals surface area contributed by atoms with E-state index < -0.39 is 5.79 Å². The molecule has 0 N–H and O–H groups in total. The van der Waals surface area contributed by atoms with Crippen LogP contribution in [0.15, 0.2) is 48.7 Å². The minimum absolute atomic E-state index is 0.00588. The Bertz CT molecular complexity index is 1190. The number of hydrogen-bond acceptors (Lipinski definition) is 5. The summed E-state index contributed by atoms with van der Waals surface area (Å²) in [6, 6.07) is 14.3. The van der Waals surface area contributed by atoms with Crippen molar-refractivity contribution in [1.29, 1.82) is 0 Å². The largest absolute Gasteiger partial charge is 0.347 e. The highest BCUT2D eigenvalue weighted by Gasteiger charge is 2.42. The first-order chi connectivity index (χ1) is 16.6. The van der Waals surface area contributed by atoms with Crippen molar-refractivity contribution in [3.63, 3.8) is 0 Å². The van der Waals surface area contributed by atoms with Gasteiger partial charge in [-0.05, 0) is 42.5 Å². The summed E-state index contributed by atoms with van der Waals surface area (Å²) in [6.45, 7) is 3.91. The monoisotopic (exact) mass is 479 g/mol. The van der Waals surface area contributed by atoms with E-state index in [1.807, 2.05) is 34.1 Å². The van der Waals surface area contributed by atoms with E-state index in [1.165, 1.54) is 16.7 Å². The molecule has 1 aromatic carbocycles. The Morgan fingerprint density at radius 1 is 0.882 bits per heavy atom. The normalized spacial score (nSPS) is 20.9. The van der Waals surface area contributed by atoms with E-state index in [-0.39, 0.29) is 17.7 Å². The molecular formula is C26H29N3O4S. The van der Waals surface area contributed by atoms with Crippen LogP contribution < -0.4 is 0 Å². The van der Waals surface area contributed by atoms with Crippen LogP contribution in [0.1, 0.15) is 35.4 Å². The van der Waals surface area contributed by atoms with E-state index >= 15 is 0 Å². The van der Waals surface area contributed by atoms with Crippen LogP contribution in [0.25, 0.3) is 15.9 Å². The molecular weight excluding hydrogens is 450 g/mol. The molecule has 1 spiro atoms. The van der Waals surface area contributed by atoms with Crippen molar-refractivity contribution in [2.24, 2.45) is 5.92 Å². The number of carbonyl (C=O) groups excluding carboxylic acids is 2. The van der Waals surface area contributed by atoms with E-state index in [4.69, 9.17) is 9.47 Å². The second-order valence-corrected chi connectivity index (χ2v) is 10.4. The highest BCUT2D eigenvalue weighted by molar-refractivity contribution is 7.16. The maximum Gasteiger partial charge on any atom is 0.263 e. The molecule has 0 unspecified atom stereocenters. The second kappa shape index (κ2) is 8.83. The molecule has 3 aromatic rings. The van der Waals surface area contributed by atoms with Crippen LogP contribution in [-0.4, -0.2) is 71.4 Å². The third kappa shape index (κ3) is 3.93. The zero-order valence-electron chi connectivity index (χ0n) is 19.2. The Hall–Kier alpha value is -2.68. The lowest BCUT2D eigenvalue weighted by Gasteiger charge is -2.40. The third-order valence-electron chi connectivity index (χ3n) is 7.42. The zero-order chi connectivity index (χ0) is 23.1. The lowest BCUT2D eigenvalue weighted by molar-refractivity contribution is -0.188. The van der Waals surface area contributed by atoms with Crippen LogP contribution in [0.5, 0.6) is 0 Å². The molecule has 2 amide bonds. The number of ether oxygens (including phenoxy) is 2. The number of carbonyl (C=O) groups is 2. The van der Waals surface area contributed by atoms with Crippen LogP contribution in [-0.2, 0) is 14.3 Å². The standard InChI is InChI=1S/C26H29N3O4S/c30-24(28-15-10-26(11-16-28)32-17-18-33-26)20-7-12-27(13-8-20)25(31)22-5-6-23(34-22)29-14-9-19-3-1-2-4-21(19)29/h1-6,9,14,20H,7-8,10-13,15-18H2. The molecule has 0 atom stereocenters.